The molecule has 2 bridgehead atoms. The molecule has 0 radical (unpaired) electrons. The summed E-state index contributed by atoms with van der Waals surface area (Å²) in [5.74, 6) is 4.06. The monoisotopic (exact) mass is 277 g/mol. The van der Waals surface area contributed by atoms with Crippen molar-refractivity contribution < 1.29 is 4.52 Å². The van der Waals surface area contributed by atoms with E-state index in [9.17, 15) is 0 Å². The molecular weight excluding hydrogens is 250 g/mol. The van der Waals surface area contributed by atoms with Crippen molar-refractivity contribution in [2.45, 2.75) is 64.8 Å². The van der Waals surface area contributed by atoms with Gasteiger partial charge in [-0.05, 0) is 43.6 Å². The maximum atomic E-state index is 5.51. The summed E-state index contributed by atoms with van der Waals surface area (Å²) in [5.41, 5.74) is 0.190. The van der Waals surface area contributed by atoms with Crippen LogP contribution in [-0.2, 0) is 6.42 Å². The van der Waals surface area contributed by atoms with Gasteiger partial charge < -0.3 is 9.84 Å². The van der Waals surface area contributed by atoms with Gasteiger partial charge in [-0.2, -0.15) is 4.98 Å². The Kier molecular flexibility index (Phi) is 3.61. The summed E-state index contributed by atoms with van der Waals surface area (Å²) < 4.78 is 5.51. The SMILES string of the molecule is CNC(Cc1nc(C2CC3CCC2C3)no1)C(C)(C)C. The highest BCUT2D eigenvalue weighted by molar-refractivity contribution is 5.07. The minimum absolute atomic E-state index is 0.190. The molecule has 2 aliphatic carbocycles. The molecular formula is C16H27N3O. The standard InChI is InChI=1S/C16H27N3O/c1-16(2,3)13(17-4)9-14-18-15(19-20-14)12-8-10-5-6-11(12)7-10/h10-13,17H,5-9H2,1-4H3. The van der Waals surface area contributed by atoms with Crippen LogP contribution >= 0.6 is 0 Å². The molecule has 0 spiro atoms. The van der Waals surface area contributed by atoms with Gasteiger partial charge in [0.05, 0.1) is 0 Å². The number of aromatic nitrogens is 2. The first-order chi connectivity index (χ1) is 9.47. The average molecular weight is 277 g/mol. The third-order valence-corrected chi connectivity index (χ3v) is 5.33. The molecule has 3 rings (SSSR count). The summed E-state index contributed by atoms with van der Waals surface area (Å²) in [5, 5.41) is 7.64. The van der Waals surface area contributed by atoms with Gasteiger partial charge in [-0.15, -0.1) is 0 Å². The zero-order valence-electron chi connectivity index (χ0n) is 13.1. The Hall–Kier alpha value is -0.900. The van der Waals surface area contributed by atoms with E-state index in [-0.39, 0.29) is 5.41 Å². The van der Waals surface area contributed by atoms with E-state index in [2.05, 4.69) is 31.2 Å². The van der Waals surface area contributed by atoms with Gasteiger partial charge in [0.15, 0.2) is 5.82 Å². The quantitative estimate of drug-likeness (QED) is 0.918. The fourth-order valence-corrected chi connectivity index (χ4v) is 4.08. The van der Waals surface area contributed by atoms with Crippen LogP contribution in [0.2, 0.25) is 0 Å². The summed E-state index contributed by atoms with van der Waals surface area (Å²) in [6.45, 7) is 6.71. The van der Waals surface area contributed by atoms with Gasteiger partial charge in [-0.3, -0.25) is 0 Å². The lowest BCUT2D eigenvalue weighted by molar-refractivity contribution is 0.254. The van der Waals surface area contributed by atoms with E-state index in [0.29, 0.717) is 12.0 Å². The van der Waals surface area contributed by atoms with Crippen molar-refractivity contribution in [2.24, 2.45) is 17.3 Å². The Morgan fingerprint density at radius 1 is 1.30 bits per heavy atom. The molecule has 2 aliphatic rings. The molecule has 2 saturated carbocycles. The third-order valence-electron chi connectivity index (χ3n) is 5.33. The first-order valence-corrected chi connectivity index (χ1v) is 7.97. The molecule has 20 heavy (non-hydrogen) atoms. The van der Waals surface area contributed by atoms with E-state index in [1.54, 1.807) is 0 Å². The van der Waals surface area contributed by atoms with Gasteiger partial charge in [-0.25, -0.2) is 0 Å². The van der Waals surface area contributed by atoms with Crippen LogP contribution in [0, 0.1) is 17.3 Å². The van der Waals surface area contributed by atoms with Gasteiger partial charge >= 0.3 is 0 Å². The lowest BCUT2D eigenvalue weighted by Gasteiger charge is -2.29. The molecule has 4 nitrogen and oxygen atoms in total. The van der Waals surface area contributed by atoms with E-state index in [1.165, 1.54) is 25.7 Å². The minimum Gasteiger partial charge on any atom is -0.339 e. The highest BCUT2D eigenvalue weighted by Crippen LogP contribution is 2.52. The van der Waals surface area contributed by atoms with Crippen molar-refractivity contribution in [3.63, 3.8) is 0 Å². The zero-order chi connectivity index (χ0) is 14.3. The predicted octanol–water partition coefficient (Wildman–Crippen LogP) is 3.15. The topological polar surface area (TPSA) is 51.0 Å². The van der Waals surface area contributed by atoms with E-state index < -0.39 is 0 Å². The summed E-state index contributed by atoms with van der Waals surface area (Å²) in [6.07, 6.45) is 6.25. The van der Waals surface area contributed by atoms with E-state index in [4.69, 9.17) is 9.51 Å². The lowest BCUT2D eigenvalue weighted by atomic mass is 9.85. The van der Waals surface area contributed by atoms with Crippen molar-refractivity contribution in [1.82, 2.24) is 15.5 Å². The van der Waals surface area contributed by atoms with Crippen LogP contribution in [0.4, 0.5) is 0 Å². The van der Waals surface area contributed by atoms with Crippen LogP contribution in [0.5, 0.6) is 0 Å². The fourth-order valence-electron chi connectivity index (χ4n) is 4.08. The fraction of sp³-hybridized carbons (Fsp3) is 0.875. The van der Waals surface area contributed by atoms with Crippen molar-refractivity contribution in [1.29, 1.82) is 0 Å². The molecule has 112 valence electrons. The highest BCUT2D eigenvalue weighted by Gasteiger charge is 2.42. The number of fused-ring (bicyclic) bond motifs is 2. The minimum atomic E-state index is 0.190. The molecule has 2 fully saturated rings. The normalized spacial score (nSPS) is 30.9. The molecule has 1 aromatic heterocycles. The zero-order valence-corrected chi connectivity index (χ0v) is 13.1. The largest absolute Gasteiger partial charge is 0.339 e. The molecule has 4 unspecified atom stereocenters. The summed E-state index contributed by atoms with van der Waals surface area (Å²) in [6, 6.07) is 0.357. The molecule has 0 aliphatic heterocycles. The van der Waals surface area contributed by atoms with E-state index in [1.807, 2.05) is 7.05 Å². The Labute approximate surface area is 121 Å². The maximum absolute atomic E-state index is 5.51. The van der Waals surface area contributed by atoms with E-state index >= 15 is 0 Å². The predicted molar refractivity (Wildman–Crippen MR) is 78.5 cm³/mol. The van der Waals surface area contributed by atoms with Crippen molar-refractivity contribution in [3.8, 4) is 0 Å². The summed E-state index contributed by atoms with van der Waals surface area (Å²) in [7, 11) is 2.00. The van der Waals surface area contributed by atoms with Crippen molar-refractivity contribution in [3.05, 3.63) is 11.7 Å². The van der Waals surface area contributed by atoms with Crippen molar-refractivity contribution >= 4 is 0 Å². The molecule has 0 aromatic carbocycles. The first kappa shape index (κ1) is 14.1. The second-order valence-corrected chi connectivity index (χ2v) is 7.74. The van der Waals surface area contributed by atoms with Crippen LogP contribution in [-0.4, -0.2) is 23.2 Å². The number of nitrogens with zero attached hydrogens (tertiary/aromatic N) is 2. The van der Waals surface area contributed by atoms with Gasteiger partial charge in [0.25, 0.3) is 0 Å². The van der Waals surface area contributed by atoms with Gasteiger partial charge in [-0.1, -0.05) is 32.3 Å². The Morgan fingerprint density at radius 3 is 2.65 bits per heavy atom. The number of rotatable bonds is 4. The van der Waals surface area contributed by atoms with Gasteiger partial charge in [0.1, 0.15) is 0 Å². The highest BCUT2D eigenvalue weighted by atomic mass is 16.5. The lowest BCUT2D eigenvalue weighted by Crippen LogP contribution is -2.39. The average Bonchev–Trinajstić information content (AvgIpc) is 3.09. The molecule has 1 N–H and O–H groups in total. The van der Waals surface area contributed by atoms with Gasteiger partial charge in [0.2, 0.25) is 5.89 Å². The molecule has 4 atom stereocenters. The van der Waals surface area contributed by atoms with Crippen LogP contribution in [0.1, 0.15) is 64.1 Å². The number of hydrogen-bond donors (Lipinski definition) is 1. The molecule has 0 saturated heterocycles. The number of hydrogen-bond acceptors (Lipinski definition) is 4. The smallest absolute Gasteiger partial charge is 0.228 e. The number of nitrogens with one attached hydrogen (secondary N) is 1. The molecule has 1 heterocycles. The van der Waals surface area contributed by atoms with Crippen LogP contribution < -0.4 is 5.32 Å². The molecule has 4 heteroatoms. The maximum Gasteiger partial charge on any atom is 0.228 e. The van der Waals surface area contributed by atoms with Crippen LogP contribution in [0.3, 0.4) is 0 Å². The van der Waals surface area contributed by atoms with Crippen LogP contribution in [0.25, 0.3) is 0 Å². The Bertz CT molecular complexity index is 463. The molecule has 1 aromatic rings. The Balaban J connectivity index is 1.68. The summed E-state index contributed by atoms with van der Waals surface area (Å²) in [4.78, 5) is 4.69. The third kappa shape index (κ3) is 2.62. The Morgan fingerprint density at radius 2 is 2.10 bits per heavy atom. The number of likely N-dealkylation sites (N-methyl/N-ethyl adjacent to an activating group) is 1. The second kappa shape index (κ2) is 5.14. The van der Waals surface area contributed by atoms with Crippen LogP contribution in [0.15, 0.2) is 4.52 Å². The second-order valence-electron chi connectivity index (χ2n) is 7.74. The van der Waals surface area contributed by atoms with Crippen molar-refractivity contribution in [2.75, 3.05) is 7.05 Å². The molecule has 0 amide bonds. The van der Waals surface area contributed by atoms with Gasteiger partial charge in [0, 0.05) is 18.4 Å². The first-order valence-electron chi connectivity index (χ1n) is 7.97. The summed E-state index contributed by atoms with van der Waals surface area (Å²) >= 11 is 0. The van der Waals surface area contributed by atoms with E-state index in [0.717, 1.165) is 30.0 Å².